The zero-order chi connectivity index (χ0) is 25.1. The summed E-state index contributed by atoms with van der Waals surface area (Å²) in [5.74, 6) is 2.63. The summed E-state index contributed by atoms with van der Waals surface area (Å²) in [4.78, 5) is 0. The summed E-state index contributed by atoms with van der Waals surface area (Å²) in [6.07, 6.45) is 8.05. The lowest BCUT2D eigenvalue weighted by Gasteiger charge is -2.18. The van der Waals surface area contributed by atoms with Gasteiger partial charge in [-0.15, -0.1) is 23.2 Å². The Labute approximate surface area is 223 Å². The van der Waals surface area contributed by atoms with Crippen molar-refractivity contribution in [1.29, 1.82) is 0 Å². The highest BCUT2D eigenvalue weighted by atomic mass is 79.9. The number of rotatable bonds is 7. The van der Waals surface area contributed by atoms with E-state index in [1.807, 2.05) is 54.8 Å². The van der Waals surface area contributed by atoms with Gasteiger partial charge >= 0.3 is 7.25 Å². The van der Waals surface area contributed by atoms with Crippen molar-refractivity contribution in [2.24, 2.45) is 0 Å². The molecule has 1 heterocycles. The van der Waals surface area contributed by atoms with Gasteiger partial charge in [0.2, 0.25) is 0 Å². The molecule has 0 saturated carbocycles. The number of benzene rings is 2. The lowest BCUT2D eigenvalue weighted by atomic mass is 10.0. The summed E-state index contributed by atoms with van der Waals surface area (Å²) in [5, 5.41) is 0. The Hall–Kier alpha value is -1.55. The van der Waals surface area contributed by atoms with Crippen molar-refractivity contribution in [2.45, 2.75) is 0 Å². The molecule has 3 rings (SSSR count). The van der Waals surface area contributed by atoms with Crippen molar-refractivity contribution in [3.05, 3.63) is 92.6 Å². The molecule has 2 nitrogen and oxygen atoms in total. The highest BCUT2D eigenvalue weighted by Gasteiger charge is 2.20. The molecule has 182 valence electrons. The smallest absolute Gasteiger partial charge is 0.456 e. The number of halogens is 8. The van der Waals surface area contributed by atoms with Gasteiger partial charge in [-0.1, -0.05) is 56.1 Å². The number of hydrogen-bond donors (Lipinski definition) is 0. The van der Waals surface area contributed by atoms with Crippen LogP contribution in [-0.4, -0.2) is 42.9 Å². The molecule has 1 aliphatic rings. The van der Waals surface area contributed by atoms with E-state index in [1.54, 1.807) is 0 Å². The predicted molar refractivity (Wildman–Crippen MR) is 141 cm³/mol. The molecule has 0 atom stereocenters. The van der Waals surface area contributed by atoms with Crippen LogP contribution in [0.2, 0.25) is 0 Å². The molecule has 0 bridgehead atoms. The largest absolute Gasteiger partial charge is 0.673 e. The van der Waals surface area contributed by atoms with Crippen LogP contribution in [0.3, 0.4) is 0 Å². The van der Waals surface area contributed by atoms with Crippen molar-refractivity contribution >= 4 is 79.9 Å². The molecule has 0 aliphatic carbocycles. The molecule has 11 heteroatoms. The molecular weight excluding hydrogens is 624 g/mol. The quantitative estimate of drug-likeness (QED) is 0.0971. The molecule has 1 aliphatic heterocycles. The number of alkyl halides is 2. The minimum absolute atomic E-state index is 0.541. The Morgan fingerprint density at radius 2 is 1.38 bits per heavy atom. The molecule has 0 unspecified atom stereocenters. The Morgan fingerprint density at radius 3 is 1.91 bits per heavy atom. The standard InChI is InChI=1S/C23H20Br2Cl2NO.BF4/c24-20-5-1-3-17(13-20)19-15-22(7-10-28(11-8-26)12-9-27)29-23(16-19)18-4-2-6-21(25)14-18;2-1(3,4)5/h1-7,10,13-16H,8-9,11-12H2;/q+1;-1/b22-7+;. The Kier molecular flexibility index (Phi) is 11.9. The van der Waals surface area contributed by atoms with Crippen LogP contribution in [0.1, 0.15) is 11.1 Å². The van der Waals surface area contributed by atoms with Crippen molar-refractivity contribution in [3.63, 3.8) is 0 Å². The van der Waals surface area contributed by atoms with E-state index in [0.29, 0.717) is 11.8 Å². The van der Waals surface area contributed by atoms with Gasteiger partial charge in [0.05, 0.1) is 11.8 Å². The number of ether oxygens (including phenoxy) is 1. The van der Waals surface area contributed by atoms with E-state index in [0.717, 1.165) is 50.3 Å². The van der Waals surface area contributed by atoms with E-state index in [2.05, 4.69) is 54.6 Å². The maximum Gasteiger partial charge on any atom is 0.673 e. The molecular formula is C23H20BBr2Cl2F4NO. The average molecular weight is 644 g/mol. The summed E-state index contributed by atoms with van der Waals surface area (Å²) in [5.41, 5.74) is 3.19. The van der Waals surface area contributed by atoms with E-state index in [9.17, 15) is 17.3 Å². The maximum absolute atomic E-state index is 9.75. The van der Waals surface area contributed by atoms with Gasteiger partial charge < -0.3 is 22.0 Å². The van der Waals surface area contributed by atoms with E-state index in [1.165, 1.54) is 0 Å². The second-order valence-corrected chi connectivity index (χ2v) is 9.45. The van der Waals surface area contributed by atoms with Crippen molar-refractivity contribution in [1.82, 2.24) is 0 Å². The van der Waals surface area contributed by atoms with Crippen LogP contribution >= 0.6 is 55.1 Å². The van der Waals surface area contributed by atoms with E-state index in [4.69, 9.17) is 27.9 Å². The van der Waals surface area contributed by atoms with Crippen LogP contribution in [-0.2, 0) is 4.74 Å². The normalized spacial score (nSPS) is 14.4. The zero-order valence-corrected chi connectivity index (χ0v) is 22.4. The SMILES string of the molecule is ClCC[N+](=C/C=C1\C=C(c2cccc(Br)c2)C=C(c2cccc(Br)c2)O1)CCCl.F[B-](F)(F)F. The van der Waals surface area contributed by atoms with Crippen LogP contribution in [0.5, 0.6) is 0 Å². The second-order valence-electron chi connectivity index (χ2n) is 6.86. The molecule has 2 aromatic rings. The van der Waals surface area contributed by atoms with E-state index in [-0.39, 0.29) is 0 Å². The van der Waals surface area contributed by atoms with Crippen molar-refractivity contribution < 1.29 is 26.6 Å². The van der Waals surface area contributed by atoms with E-state index < -0.39 is 7.25 Å². The lowest BCUT2D eigenvalue weighted by Crippen LogP contribution is -2.18. The third kappa shape index (κ3) is 10.8. The minimum Gasteiger partial charge on any atom is -0.456 e. The van der Waals surface area contributed by atoms with Gasteiger partial charge in [0.1, 0.15) is 11.5 Å². The summed E-state index contributed by atoms with van der Waals surface area (Å²) >= 11 is 18.9. The fourth-order valence-corrected chi connectivity index (χ4v) is 4.11. The van der Waals surface area contributed by atoms with Gasteiger partial charge in [0, 0.05) is 20.6 Å². The van der Waals surface area contributed by atoms with Crippen molar-refractivity contribution in [2.75, 3.05) is 24.8 Å². The third-order valence-electron chi connectivity index (χ3n) is 4.27. The average Bonchev–Trinajstić information content (AvgIpc) is 2.76. The van der Waals surface area contributed by atoms with Crippen LogP contribution in [0.4, 0.5) is 17.3 Å². The Bertz CT molecular complexity index is 1090. The first kappa shape index (κ1) is 28.7. The molecule has 0 aromatic heterocycles. The lowest BCUT2D eigenvalue weighted by molar-refractivity contribution is -0.513. The Morgan fingerprint density at radius 1 is 0.853 bits per heavy atom. The molecule has 0 fully saturated rings. The highest BCUT2D eigenvalue weighted by molar-refractivity contribution is 9.10. The number of hydrogen-bond acceptors (Lipinski definition) is 1. The summed E-state index contributed by atoms with van der Waals surface area (Å²) in [6, 6.07) is 16.3. The fourth-order valence-electron chi connectivity index (χ4n) is 2.88. The highest BCUT2D eigenvalue weighted by Crippen LogP contribution is 2.33. The second kappa shape index (κ2) is 14.1. The molecule has 2 aromatic carbocycles. The fraction of sp³-hybridized carbons (Fsp3) is 0.174. The first-order valence-corrected chi connectivity index (χ1v) is 12.7. The van der Waals surface area contributed by atoms with E-state index >= 15 is 0 Å². The van der Waals surface area contributed by atoms with Gasteiger partial charge in [0.15, 0.2) is 19.3 Å². The van der Waals surface area contributed by atoms with Crippen LogP contribution in [0.25, 0.3) is 11.3 Å². The predicted octanol–water partition coefficient (Wildman–Crippen LogP) is 8.41. The summed E-state index contributed by atoms with van der Waals surface area (Å²) in [6.45, 7) is 1.46. The topological polar surface area (TPSA) is 12.2 Å². The molecule has 0 saturated heterocycles. The maximum atomic E-state index is 9.75. The Balaban J connectivity index is 0.000000739. The molecule has 0 N–H and O–H groups in total. The molecule has 0 amide bonds. The minimum atomic E-state index is -6.00. The van der Waals surface area contributed by atoms with Crippen LogP contribution in [0, 0.1) is 0 Å². The van der Waals surface area contributed by atoms with Gasteiger partial charge in [-0.05, 0) is 47.6 Å². The number of allylic oxidation sites excluding steroid dienone is 4. The van der Waals surface area contributed by atoms with Gasteiger partial charge in [-0.2, -0.15) is 0 Å². The monoisotopic (exact) mass is 641 g/mol. The first-order chi connectivity index (χ1) is 16.1. The zero-order valence-electron chi connectivity index (χ0n) is 17.7. The molecule has 0 radical (unpaired) electrons. The van der Waals surface area contributed by atoms with Crippen LogP contribution in [0.15, 0.2) is 81.5 Å². The van der Waals surface area contributed by atoms with Gasteiger partial charge in [0.25, 0.3) is 0 Å². The number of nitrogens with zero attached hydrogens (tertiary/aromatic N) is 1. The summed E-state index contributed by atoms with van der Waals surface area (Å²) < 4.78 is 49.3. The van der Waals surface area contributed by atoms with Crippen LogP contribution < -0.4 is 0 Å². The third-order valence-corrected chi connectivity index (χ3v) is 5.60. The molecule has 34 heavy (non-hydrogen) atoms. The molecule has 0 spiro atoms. The van der Waals surface area contributed by atoms with Gasteiger partial charge in [-0.25, -0.2) is 4.58 Å². The van der Waals surface area contributed by atoms with Gasteiger partial charge in [-0.3, -0.25) is 0 Å². The van der Waals surface area contributed by atoms with Crippen molar-refractivity contribution in [3.8, 4) is 0 Å². The first-order valence-electron chi connectivity index (χ1n) is 10.0. The summed E-state index contributed by atoms with van der Waals surface area (Å²) in [7, 11) is -6.00.